The Morgan fingerprint density at radius 3 is 2.35 bits per heavy atom. The number of alkyl halides is 3. The van der Waals surface area contributed by atoms with Crippen LogP contribution in [0.1, 0.15) is 30.0 Å². The third kappa shape index (κ3) is 5.28. The summed E-state index contributed by atoms with van der Waals surface area (Å²) in [6.45, 7) is 2.14. The first-order valence-electron chi connectivity index (χ1n) is 7.52. The number of rotatable bonds is 6. The van der Waals surface area contributed by atoms with Crippen molar-refractivity contribution in [3.05, 3.63) is 65.2 Å². The second-order valence-electron chi connectivity index (χ2n) is 5.64. The van der Waals surface area contributed by atoms with Crippen molar-refractivity contribution < 1.29 is 18.3 Å². The number of halogens is 3. The maximum atomic E-state index is 12.9. The Labute approximate surface area is 134 Å². The predicted octanol–water partition coefficient (Wildman–Crippen LogP) is 4.52. The Hall–Kier alpha value is -2.01. The Bertz CT molecular complexity index is 623. The van der Waals surface area contributed by atoms with Crippen LogP contribution in [0.25, 0.3) is 0 Å². The van der Waals surface area contributed by atoms with Gasteiger partial charge in [-0.3, -0.25) is 0 Å². The van der Waals surface area contributed by atoms with E-state index in [-0.39, 0.29) is 23.9 Å². The van der Waals surface area contributed by atoms with E-state index < -0.39 is 11.7 Å². The normalized spacial score (nSPS) is 13.0. The van der Waals surface area contributed by atoms with Crippen molar-refractivity contribution in [3.63, 3.8) is 0 Å². The highest BCUT2D eigenvalue weighted by Crippen LogP contribution is 2.31. The van der Waals surface area contributed by atoms with E-state index >= 15 is 0 Å². The van der Waals surface area contributed by atoms with Crippen LogP contribution in [0, 0.1) is 0 Å². The van der Waals surface area contributed by atoms with Gasteiger partial charge in [-0.05, 0) is 49.1 Å². The summed E-state index contributed by atoms with van der Waals surface area (Å²) in [4.78, 5) is 0. The van der Waals surface area contributed by atoms with Gasteiger partial charge in [0.05, 0.1) is 5.56 Å². The quantitative estimate of drug-likeness (QED) is 0.819. The summed E-state index contributed by atoms with van der Waals surface area (Å²) >= 11 is 0. The molecule has 0 saturated heterocycles. The number of aryl methyl sites for hydroxylation is 1. The maximum Gasteiger partial charge on any atom is 0.416 e. The Morgan fingerprint density at radius 1 is 1.04 bits per heavy atom. The Balaban J connectivity index is 1.87. The van der Waals surface area contributed by atoms with Crippen molar-refractivity contribution in [2.75, 3.05) is 0 Å². The van der Waals surface area contributed by atoms with Gasteiger partial charge in [-0.15, -0.1) is 0 Å². The molecule has 0 aliphatic heterocycles. The van der Waals surface area contributed by atoms with Gasteiger partial charge >= 0.3 is 6.18 Å². The van der Waals surface area contributed by atoms with Crippen molar-refractivity contribution in [3.8, 4) is 5.75 Å². The summed E-state index contributed by atoms with van der Waals surface area (Å²) in [6, 6.07) is 12.7. The average Bonchev–Trinajstić information content (AvgIpc) is 2.52. The summed E-state index contributed by atoms with van der Waals surface area (Å²) in [5, 5.41) is 12.4. The molecular formula is C18H20F3NO. The van der Waals surface area contributed by atoms with Gasteiger partial charge in [-0.1, -0.05) is 30.3 Å². The van der Waals surface area contributed by atoms with Gasteiger partial charge in [0, 0.05) is 12.6 Å². The molecule has 2 nitrogen and oxygen atoms in total. The lowest BCUT2D eigenvalue weighted by atomic mass is 10.0. The molecule has 0 bridgehead atoms. The van der Waals surface area contributed by atoms with Gasteiger partial charge in [0.15, 0.2) is 0 Å². The number of hydrogen-bond acceptors (Lipinski definition) is 2. The van der Waals surface area contributed by atoms with Gasteiger partial charge in [-0.25, -0.2) is 0 Å². The molecule has 0 aromatic heterocycles. The van der Waals surface area contributed by atoms with Crippen molar-refractivity contribution in [2.45, 2.75) is 38.5 Å². The molecule has 23 heavy (non-hydrogen) atoms. The number of phenols is 1. The zero-order chi connectivity index (χ0) is 16.9. The summed E-state index contributed by atoms with van der Waals surface area (Å²) in [5.74, 6) is 0.226. The fourth-order valence-corrected chi connectivity index (χ4v) is 2.38. The number of benzene rings is 2. The third-order valence-corrected chi connectivity index (χ3v) is 3.77. The number of hydrogen-bond donors (Lipinski definition) is 2. The minimum atomic E-state index is -4.33. The predicted molar refractivity (Wildman–Crippen MR) is 84.2 cm³/mol. The molecule has 1 atom stereocenters. The van der Waals surface area contributed by atoms with Crippen LogP contribution in [0.2, 0.25) is 0 Å². The molecule has 5 heteroatoms. The molecule has 2 rings (SSSR count). The Kier molecular flexibility index (Phi) is 5.66. The summed E-state index contributed by atoms with van der Waals surface area (Å²) in [5.41, 5.74) is 0.766. The van der Waals surface area contributed by atoms with Gasteiger partial charge in [0.25, 0.3) is 0 Å². The van der Waals surface area contributed by atoms with E-state index in [0.717, 1.165) is 24.5 Å². The minimum absolute atomic E-state index is 0.0880. The fraction of sp³-hybridized carbons (Fsp3) is 0.333. The van der Waals surface area contributed by atoms with Crippen LogP contribution in [0.3, 0.4) is 0 Å². The average molecular weight is 323 g/mol. The lowest BCUT2D eigenvalue weighted by Crippen LogP contribution is -2.27. The lowest BCUT2D eigenvalue weighted by Gasteiger charge is -2.17. The van der Waals surface area contributed by atoms with E-state index in [2.05, 4.69) is 5.32 Å². The molecule has 2 aromatic rings. The maximum absolute atomic E-state index is 12.9. The topological polar surface area (TPSA) is 32.3 Å². The first-order valence-corrected chi connectivity index (χ1v) is 7.52. The van der Waals surface area contributed by atoms with Crippen LogP contribution in [0.5, 0.6) is 5.75 Å². The highest BCUT2D eigenvalue weighted by atomic mass is 19.4. The van der Waals surface area contributed by atoms with Crippen molar-refractivity contribution >= 4 is 0 Å². The van der Waals surface area contributed by atoms with Crippen molar-refractivity contribution in [2.24, 2.45) is 0 Å². The zero-order valence-corrected chi connectivity index (χ0v) is 12.9. The van der Waals surface area contributed by atoms with E-state index in [4.69, 9.17) is 0 Å². The van der Waals surface area contributed by atoms with Gasteiger partial charge in [0.1, 0.15) is 5.75 Å². The molecule has 0 aliphatic rings. The molecule has 2 aromatic carbocycles. The van der Waals surface area contributed by atoms with Crippen molar-refractivity contribution in [1.82, 2.24) is 5.32 Å². The monoisotopic (exact) mass is 323 g/mol. The Morgan fingerprint density at radius 2 is 1.70 bits per heavy atom. The molecule has 0 spiro atoms. The van der Waals surface area contributed by atoms with E-state index in [1.165, 1.54) is 12.1 Å². The van der Waals surface area contributed by atoms with E-state index in [1.54, 1.807) is 18.2 Å². The zero-order valence-electron chi connectivity index (χ0n) is 12.9. The smallest absolute Gasteiger partial charge is 0.416 e. The minimum Gasteiger partial charge on any atom is -0.508 e. The number of nitrogens with one attached hydrogen (secondary N) is 1. The molecule has 0 saturated carbocycles. The second-order valence-corrected chi connectivity index (χ2v) is 5.64. The van der Waals surface area contributed by atoms with E-state index in [0.29, 0.717) is 0 Å². The molecule has 2 N–H and O–H groups in total. The van der Waals surface area contributed by atoms with Crippen LogP contribution in [-0.2, 0) is 19.1 Å². The summed E-state index contributed by atoms with van der Waals surface area (Å²) < 4.78 is 38.8. The number of phenolic OH excluding ortho intramolecular Hbond substituents is 1. The molecule has 124 valence electrons. The molecule has 0 amide bonds. The van der Waals surface area contributed by atoms with Crippen LogP contribution >= 0.6 is 0 Å². The third-order valence-electron chi connectivity index (χ3n) is 3.77. The molecule has 0 radical (unpaired) electrons. The van der Waals surface area contributed by atoms with Crippen LogP contribution in [-0.4, -0.2) is 11.1 Å². The lowest BCUT2D eigenvalue weighted by molar-refractivity contribution is -0.138. The summed E-state index contributed by atoms with van der Waals surface area (Å²) in [7, 11) is 0. The van der Waals surface area contributed by atoms with Crippen LogP contribution in [0.15, 0.2) is 48.5 Å². The number of aromatic hydroxyl groups is 1. The molecule has 0 fully saturated rings. The van der Waals surface area contributed by atoms with Gasteiger partial charge < -0.3 is 10.4 Å². The van der Waals surface area contributed by atoms with Gasteiger partial charge in [0.2, 0.25) is 0 Å². The first kappa shape index (κ1) is 17.3. The fourth-order valence-electron chi connectivity index (χ4n) is 2.38. The van der Waals surface area contributed by atoms with E-state index in [9.17, 15) is 18.3 Å². The molecule has 0 heterocycles. The van der Waals surface area contributed by atoms with E-state index in [1.807, 2.05) is 19.1 Å². The second kappa shape index (κ2) is 7.51. The molecule has 1 unspecified atom stereocenters. The highest BCUT2D eigenvalue weighted by molar-refractivity contribution is 5.29. The molecule has 0 aliphatic carbocycles. The SMILES string of the molecule is CC(CCc1ccc(O)cc1)NCc1ccccc1C(F)(F)F. The van der Waals surface area contributed by atoms with Gasteiger partial charge in [-0.2, -0.15) is 13.2 Å². The van der Waals surface area contributed by atoms with Crippen molar-refractivity contribution in [1.29, 1.82) is 0 Å². The first-order chi connectivity index (χ1) is 10.9. The van der Waals surface area contributed by atoms with Crippen LogP contribution < -0.4 is 5.32 Å². The van der Waals surface area contributed by atoms with Crippen LogP contribution in [0.4, 0.5) is 13.2 Å². The molecular weight excluding hydrogens is 303 g/mol. The summed E-state index contributed by atoms with van der Waals surface area (Å²) in [6.07, 6.45) is -2.72. The largest absolute Gasteiger partial charge is 0.508 e. The highest BCUT2D eigenvalue weighted by Gasteiger charge is 2.32. The standard InChI is InChI=1S/C18H20F3NO/c1-13(6-7-14-8-10-16(23)11-9-14)22-12-15-4-2-3-5-17(15)18(19,20)21/h2-5,8-11,13,22-23H,6-7,12H2,1H3.